The number of hydrogen-bond donors (Lipinski definition) is 1. The van der Waals surface area contributed by atoms with E-state index >= 15 is 0 Å². The lowest BCUT2D eigenvalue weighted by Gasteiger charge is -2.35. The topological polar surface area (TPSA) is 70.5 Å². The Kier molecular flexibility index (Phi) is 4.94. The van der Waals surface area contributed by atoms with Crippen LogP contribution in [0.1, 0.15) is 29.8 Å². The summed E-state index contributed by atoms with van der Waals surface area (Å²) in [4.78, 5) is 29.0. The molecule has 1 aromatic heterocycles. The van der Waals surface area contributed by atoms with Crippen LogP contribution in [-0.4, -0.2) is 70.2 Å². The van der Waals surface area contributed by atoms with Crippen molar-refractivity contribution in [2.75, 3.05) is 26.7 Å². The standard InChI is InChI=1S/C20H25N5O2/c1-23-12-10-18(20(23)27)24-13-8-15(9-14-24)22-19(26)17-7-11-21-25(17)16-5-3-2-4-6-16/h2-7,11,15,18H,8-10,12-14H2,1H3,(H,22,26). The molecule has 2 aromatic rings. The number of likely N-dealkylation sites (tertiary alicyclic amines) is 2. The number of hydrogen-bond acceptors (Lipinski definition) is 4. The molecule has 0 aliphatic carbocycles. The van der Waals surface area contributed by atoms with Gasteiger partial charge in [0, 0.05) is 32.7 Å². The van der Waals surface area contributed by atoms with Gasteiger partial charge in [0.25, 0.3) is 5.91 Å². The quantitative estimate of drug-likeness (QED) is 0.884. The average Bonchev–Trinajstić information content (AvgIpc) is 3.31. The van der Waals surface area contributed by atoms with Crippen LogP contribution in [0, 0.1) is 0 Å². The van der Waals surface area contributed by atoms with E-state index in [9.17, 15) is 9.59 Å². The monoisotopic (exact) mass is 367 g/mol. The molecule has 1 aromatic carbocycles. The smallest absolute Gasteiger partial charge is 0.270 e. The number of para-hydroxylation sites is 1. The van der Waals surface area contributed by atoms with E-state index in [1.54, 1.807) is 16.9 Å². The Labute approximate surface area is 158 Å². The normalized spacial score (nSPS) is 21.6. The molecule has 2 saturated heterocycles. The Hall–Kier alpha value is -2.67. The summed E-state index contributed by atoms with van der Waals surface area (Å²) in [6.45, 7) is 2.52. The van der Waals surface area contributed by atoms with E-state index in [0.717, 1.165) is 44.6 Å². The predicted molar refractivity (Wildman–Crippen MR) is 102 cm³/mol. The first-order valence-corrected chi connectivity index (χ1v) is 9.53. The maximum atomic E-state index is 12.8. The molecule has 142 valence electrons. The minimum absolute atomic E-state index is 0.0196. The van der Waals surface area contributed by atoms with E-state index in [4.69, 9.17) is 0 Å². The maximum Gasteiger partial charge on any atom is 0.270 e. The van der Waals surface area contributed by atoms with E-state index < -0.39 is 0 Å². The molecule has 3 heterocycles. The largest absolute Gasteiger partial charge is 0.348 e. The zero-order valence-electron chi connectivity index (χ0n) is 15.5. The molecular formula is C20H25N5O2. The zero-order valence-corrected chi connectivity index (χ0v) is 15.5. The highest BCUT2D eigenvalue weighted by Gasteiger charge is 2.36. The van der Waals surface area contributed by atoms with Gasteiger partial charge in [-0.3, -0.25) is 14.5 Å². The lowest BCUT2D eigenvalue weighted by Crippen LogP contribution is -2.50. The molecule has 2 aliphatic rings. The second-order valence-corrected chi connectivity index (χ2v) is 7.31. The van der Waals surface area contributed by atoms with E-state index in [1.807, 2.05) is 42.3 Å². The fraction of sp³-hybridized carbons (Fsp3) is 0.450. The third-order valence-electron chi connectivity index (χ3n) is 5.58. The molecule has 0 spiro atoms. The number of rotatable bonds is 4. The summed E-state index contributed by atoms with van der Waals surface area (Å²) in [7, 11) is 1.87. The van der Waals surface area contributed by atoms with Crippen molar-refractivity contribution >= 4 is 11.8 Å². The fourth-order valence-electron chi connectivity index (χ4n) is 4.01. The second kappa shape index (κ2) is 7.52. The molecule has 7 nitrogen and oxygen atoms in total. The highest BCUT2D eigenvalue weighted by molar-refractivity contribution is 5.93. The summed E-state index contributed by atoms with van der Waals surface area (Å²) in [6, 6.07) is 11.5. The summed E-state index contributed by atoms with van der Waals surface area (Å²) < 4.78 is 1.66. The summed E-state index contributed by atoms with van der Waals surface area (Å²) in [5, 5.41) is 7.43. The van der Waals surface area contributed by atoms with Gasteiger partial charge in [0.1, 0.15) is 5.69 Å². The van der Waals surface area contributed by atoms with Gasteiger partial charge in [0.2, 0.25) is 5.91 Å². The van der Waals surface area contributed by atoms with E-state index in [-0.39, 0.29) is 23.9 Å². The Bertz CT molecular complexity index is 811. The van der Waals surface area contributed by atoms with Gasteiger partial charge in [0.05, 0.1) is 17.9 Å². The number of nitrogens with zero attached hydrogens (tertiary/aromatic N) is 4. The Balaban J connectivity index is 1.36. The van der Waals surface area contributed by atoms with Crippen molar-refractivity contribution < 1.29 is 9.59 Å². The van der Waals surface area contributed by atoms with Crippen LogP contribution in [0.4, 0.5) is 0 Å². The molecule has 7 heteroatoms. The van der Waals surface area contributed by atoms with E-state index in [2.05, 4.69) is 15.3 Å². The number of aromatic nitrogens is 2. The molecule has 0 radical (unpaired) electrons. The number of nitrogens with one attached hydrogen (secondary N) is 1. The Morgan fingerprint density at radius 3 is 2.48 bits per heavy atom. The van der Waals surface area contributed by atoms with Crippen LogP contribution in [-0.2, 0) is 4.79 Å². The van der Waals surface area contributed by atoms with Crippen LogP contribution in [0.3, 0.4) is 0 Å². The molecule has 2 aliphatic heterocycles. The first-order valence-electron chi connectivity index (χ1n) is 9.53. The SMILES string of the molecule is CN1CCC(N2CCC(NC(=O)c3ccnn3-c3ccccc3)CC2)C1=O. The second-order valence-electron chi connectivity index (χ2n) is 7.31. The van der Waals surface area contributed by atoms with Crippen molar-refractivity contribution in [3.05, 3.63) is 48.3 Å². The predicted octanol–water partition coefficient (Wildman–Crippen LogP) is 1.30. The van der Waals surface area contributed by atoms with Crippen molar-refractivity contribution in [1.82, 2.24) is 24.9 Å². The van der Waals surface area contributed by atoms with E-state index in [0.29, 0.717) is 5.69 Å². The average molecular weight is 367 g/mol. The lowest BCUT2D eigenvalue weighted by molar-refractivity contribution is -0.131. The van der Waals surface area contributed by atoms with Gasteiger partial charge < -0.3 is 10.2 Å². The van der Waals surface area contributed by atoms with E-state index in [1.165, 1.54) is 0 Å². The molecule has 27 heavy (non-hydrogen) atoms. The summed E-state index contributed by atoms with van der Waals surface area (Å²) >= 11 is 0. The van der Waals surface area contributed by atoms with Gasteiger partial charge in [-0.2, -0.15) is 5.10 Å². The molecule has 0 bridgehead atoms. The van der Waals surface area contributed by atoms with Crippen LogP contribution < -0.4 is 5.32 Å². The van der Waals surface area contributed by atoms with Crippen LogP contribution in [0.2, 0.25) is 0 Å². The molecule has 1 N–H and O–H groups in total. The minimum atomic E-state index is -0.105. The highest BCUT2D eigenvalue weighted by atomic mass is 16.2. The highest BCUT2D eigenvalue weighted by Crippen LogP contribution is 2.21. The van der Waals surface area contributed by atoms with Crippen molar-refractivity contribution in [2.24, 2.45) is 0 Å². The number of amides is 2. The lowest BCUT2D eigenvalue weighted by atomic mass is 10.0. The van der Waals surface area contributed by atoms with Gasteiger partial charge in [0.15, 0.2) is 0 Å². The van der Waals surface area contributed by atoms with Crippen LogP contribution in [0.25, 0.3) is 5.69 Å². The van der Waals surface area contributed by atoms with Crippen molar-refractivity contribution in [1.29, 1.82) is 0 Å². The van der Waals surface area contributed by atoms with Crippen LogP contribution in [0.5, 0.6) is 0 Å². The van der Waals surface area contributed by atoms with Crippen molar-refractivity contribution in [3.8, 4) is 5.69 Å². The first-order chi connectivity index (χ1) is 13.1. The molecule has 4 rings (SSSR count). The Morgan fingerprint density at radius 2 is 1.81 bits per heavy atom. The van der Waals surface area contributed by atoms with Crippen molar-refractivity contribution in [2.45, 2.75) is 31.3 Å². The third-order valence-corrected chi connectivity index (χ3v) is 5.58. The molecule has 0 saturated carbocycles. The number of likely N-dealkylation sites (N-methyl/N-ethyl adjacent to an activating group) is 1. The maximum absolute atomic E-state index is 12.8. The minimum Gasteiger partial charge on any atom is -0.348 e. The molecule has 2 amide bonds. The van der Waals surface area contributed by atoms with Gasteiger partial charge in [-0.25, -0.2) is 4.68 Å². The van der Waals surface area contributed by atoms with Gasteiger partial charge in [-0.05, 0) is 37.5 Å². The Morgan fingerprint density at radius 1 is 1.07 bits per heavy atom. The van der Waals surface area contributed by atoms with Gasteiger partial charge in [-0.15, -0.1) is 0 Å². The number of piperidine rings is 1. The van der Waals surface area contributed by atoms with Crippen LogP contribution >= 0.6 is 0 Å². The van der Waals surface area contributed by atoms with Crippen LogP contribution in [0.15, 0.2) is 42.6 Å². The first kappa shape index (κ1) is 17.7. The number of carbonyl (C=O) groups excluding carboxylic acids is 2. The number of carbonyl (C=O) groups is 2. The van der Waals surface area contributed by atoms with Gasteiger partial charge in [-0.1, -0.05) is 18.2 Å². The molecule has 1 unspecified atom stereocenters. The third kappa shape index (κ3) is 3.60. The molecule has 2 fully saturated rings. The molecule has 1 atom stereocenters. The summed E-state index contributed by atoms with van der Waals surface area (Å²) in [5.74, 6) is 0.121. The summed E-state index contributed by atoms with van der Waals surface area (Å²) in [6.07, 6.45) is 4.27. The zero-order chi connectivity index (χ0) is 18.8. The summed E-state index contributed by atoms with van der Waals surface area (Å²) in [5.41, 5.74) is 1.41. The fourth-order valence-corrected chi connectivity index (χ4v) is 4.01. The van der Waals surface area contributed by atoms with Gasteiger partial charge >= 0.3 is 0 Å². The number of benzene rings is 1. The van der Waals surface area contributed by atoms with Crippen molar-refractivity contribution in [3.63, 3.8) is 0 Å². The molecular weight excluding hydrogens is 342 g/mol.